The number of anilines is 1. The highest BCUT2D eigenvalue weighted by Crippen LogP contribution is 2.22. The van der Waals surface area contributed by atoms with E-state index in [4.69, 9.17) is 0 Å². The molecule has 2 aromatic carbocycles. The van der Waals surface area contributed by atoms with Crippen molar-refractivity contribution in [3.63, 3.8) is 0 Å². The molecule has 0 fully saturated rings. The van der Waals surface area contributed by atoms with Crippen molar-refractivity contribution in [1.29, 1.82) is 0 Å². The van der Waals surface area contributed by atoms with Crippen LogP contribution in [-0.2, 0) is 4.79 Å². The molecule has 2 nitrogen and oxygen atoms in total. The molecule has 1 amide bonds. The Kier molecular flexibility index (Phi) is 4.68. The van der Waals surface area contributed by atoms with E-state index in [-0.39, 0.29) is 5.75 Å². The lowest BCUT2D eigenvalue weighted by molar-refractivity contribution is -0.113. The van der Waals surface area contributed by atoms with E-state index in [1.165, 1.54) is 24.3 Å². The van der Waals surface area contributed by atoms with Crippen LogP contribution in [0.5, 0.6) is 0 Å². The van der Waals surface area contributed by atoms with Crippen molar-refractivity contribution >= 4 is 23.4 Å². The van der Waals surface area contributed by atoms with Crippen molar-refractivity contribution in [3.05, 3.63) is 59.9 Å². The van der Waals surface area contributed by atoms with E-state index in [0.717, 1.165) is 23.9 Å². The first-order valence-electron chi connectivity index (χ1n) is 5.69. The summed E-state index contributed by atoms with van der Waals surface area (Å²) in [5.41, 5.74) is -0.494. The predicted molar refractivity (Wildman–Crippen MR) is 72.1 cm³/mol. The van der Waals surface area contributed by atoms with Gasteiger partial charge in [-0.05, 0) is 24.3 Å². The Morgan fingerprint density at radius 2 is 1.55 bits per heavy atom. The third-order valence-corrected chi connectivity index (χ3v) is 3.47. The number of halogens is 3. The summed E-state index contributed by atoms with van der Waals surface area (Å²) in [6, 6.07) is 9.27. The van der Waals surface area contributed by atoms with E-state index in [0.29, 0.717) is 4.90 Å². The first kappa shape index (κ1) is 14.5. The molecule has 0 unspecified atom stereocenters. The lowest BCUT2D eigenvalue weighted by Crippen LogP contribution is -2.16. The van der Waals surface area contributed by atoms with Gasteiger partial charge in [-0.1, -0.05) is 18.2 Å². The number of carbonyl (C=O) groups excluding carboxylic acids is 1. The van der Waals surface area contributed by atoms with Crippen LogP contribution in [0.4, 0.5) is 18.9 Å². The van der Waals surface area contributed by atoms with Gasteiger partial charge in [-0.2, -0.15) is 0 Å². The highest BCUT2D eigenvalue weighted by atomic mass is 32.2. The van der Waals surface area contributed by atoms with E-state index < -0.39 is 29.0 Å². The maximum atomic E-state index is 13.3. The molecule has 1 N–H and O–H groups in total. The number of nitrogens with one attached hydrogen (secondary N) is 1. The molecule has 0 aliphatic rings. The van der Waals surface area contributed by atoms with Crippen LogP contribution in [0.2, 0.25) is 0 Å². The molecule has 0 radical (unpaired) electrons. The fraction of sp³-hybridized carbons (Fsp3) is 0.0714. The van der Waals surface area contributed by atoms with E-state index in [1.54, 1.807) is 6.07 Å². The average Bonchev–Trinajstić information content (AvgIpc) is 2.42. The number of thioether (sulfide) groups is 1. The van der Waals surface area contributed by atoms with Crippen LogP contribution in [0.15, 0.2) is 47.4 Å². The highest BCUT2D eigenvalue weighted by molar-refractivity contribution is 8.00. The largest absolute Gasteiger partial charge is 0.320 e. The van der Waals surface area contributed by atoms with Gasteiger partial charge >= 0.3 is 0 Å². The minimum absolute atomic E-state index is 0.144. The molecule has 0 aliphatic heterocycles. The molecule has 2 aromatic rings. The zero-order valence-electron chi connectivity index (χ0n) is 10.2. The normalized spacial score (nSPS) is 10.3. The number of para-hydroxylation sites is 1. The number of hydrogen-bond donors (Lipinski definition) is 1. The minimum Gasteiger partial charge on any atom is -0.320 e. The molecule has 0 aromatic heterocycles. The summed E-state index contributed by atoms with van der Waals surface area (Å²) in [6.07, 6.45) is 0. The molecule has 0 spiro atoms. The van der Waals surface area contributed by atoms with Gasteiger partial charge in [0.1, 0.15) is 23.1 Å². The first-order valence-corrected chi connectivity index (χ1v) is 6.67. The molecular weight excluding hydrogens is 287 g/mol. The number of benzene rings is 2. The van der Waals surface area contributed by atoms with E-state index >= 15 is 0 Å². The number of hydrogen-bond acceptors (Lipinski definition) is 2. The SMILES string of the molecule is O=C(CSc1ccccc1F)Nc1c(F)cccc1F. The van der Waals surface area contributed by atoms with E-state index in [1.807, 2.05) is 0 Å². The number of rotatable bonds is 4. The second kappa shape index (κ2) is 6.47. The van der Waals surface area contributed by atoms with Gasteiger partial charge in [0.15, 0.2) is 0 Å². The summed E-state index contributed by atoms with van der Waals surface area (Å²) in [4.78, 5) is 11.9. The van der Waals surface area contributed by atoms with Crippen molar-refractivity contribution in [2.24, 2.45) is 0 Å². The summed E-state index contributed by atoms with van der Waals surface area (Å²) in [6.45, 7) is 0. The molecule has 0 aliphatic carbocycles. The Morgan fingerprint density at radius 1 is 0.950 bits per heavy atom. The van der Waals surface area contributed by atoms with E-state index in [2.05, 4.69) is 5.32 Å². The van der Waals surface area contributed by atoms with Crippen LogP contribution in [0.25, 0.3) is 0 Å². The first-order chi connectivity index (χ1) is 9.58. The molecule has 0 heterocycles. The molecule has 0 saturated heterocycles. The molecule has 6 heteroatoms. The summed E-state index contributed by atoms with van der Waals surface area (Å²) >= 11 is 0.954. The second-order valence-electron chi connectivity index (χ2n) is 3.86. The van der Waals surface area contributed by atoms with Crippen molar-refractivity contribution in [3.8, 4) is 0 Å². The molecule has 0 atom stereocenters. The van der Waals surface area contributed by atoms with Gasteiger partial charge in [0, 0.05) is 4.90 Å². The van der Waals surface area contributed by atoms with Crippen molar-refractivity contribution in [2.75, 3.05) is 11.1 Å². The minimum atomic E-state index is -0.853. The Bertz CT molecular complexity index is 613. The zero-order valence-corrected chi connectivity index (χ0v) is 11.0. The average molecular weight is 297 g/mol. The van der Waals surface area contributed by atoms with Gasteiger partial charge in [-0.25, -0.2) is 13.2 Å². The fourth-order valence-electron chi connectivity index (χ4n) is 1.50. The van der Waals surface area contributed by atoms with Gasteiger partial charge in [-0.3, -0.25) is 4.79 Å². The Morgan fingerprint density at radius 3 is 2.20 bits per heavy atom. The number of carbonyl (C=O) groups is 1. The lowest BCUT2D eigenvalue weighted by Gasteiger charge is -2.07. The van der Waals surface area contributed by atoms with Crippen LogP contribution in [0.3, 0.4) is 0 Å². The summed E-state index contributed by atoms with van der Waals surface area (Å²) in [7, 11) is 0. The van der Waals surface area contributed by atoms with E-state index in [9.17, 15) is 18.0 Å². The lowest BCUT2D eigenvalue weighted by atomic mass is 10.3. The number of amides is 1. The van der Waals surface area contributed by atoms with Crippen LogP contribution in [0, 0.1) is 17.5 Å². The Hall–Kier alpha value is -1.95. The van der Waals surface area contributed by atoms with Crippen LogP contribution >= 0.6 is 11.8 Å². The summed E-state index contributed by atoms with van der Waals surface area (Å²) < 4.78 is 40.0. The van der Waals surface area contributed by atoms with Crippen LogP contribution in [0.1, 0.15) is 0 Å². The molecular formula is C14H10F3NOS. The third kappa shape index (κ3) is 3.54. The summed E-state index contributed by atoms with van der Waals surface area (Å²) in [5.74, 6) is -2.90. The molecule has 20 heavy (non-hydrogen) atoms. The Labute approximate surface area is 118 Å². The van der Waals surface area contributed by atoms with Crippen molar-refractivity contribution in [2.45, 2.75) is 4.90 Å². The monoisotopic (exact) mass is 297 g/mol. The predicted octanol–water partition coefficient (Wildman–Crippen LogP) is 3.83. The van der Waals surface area contributed by atoms with Gasteiger partial charge < -0.3 is 5.32 Å². The maximum Gasteiger partial charge on any atom is 0.234 e. The summed E-state index contributed by atoms with van der Waals surface area (Å²) in [5, 5.41) is 2.14. The quantitative estimate of drug-likeness (QED) is 0.869. The molecule has 0 bridgehead atoms. The smallest absolute Gasteiger partial charge is 0.234 e. The maximum absolute atomic E-state index is 13.3. The van der Waals surface area contributed by atoms with Gasteiger partial charge in [0.25, 0.3) is 0 Å². The Balaban J connectivity index is 1.98. The van der Waals surface area contributed by atoms with Gasteiger partial charge in [0.2, 0.25) is 5.91 Å². The van der Waals surface area contributed by atoms with Gasteiger partial charge in [-0.15, -0.1) is 11.8 Å². The molecule has 104 valence electrons. The van der Waals surface area contributed by atoms with Crippen LogP contribution in [-0.4, -0.2) is 11.7 Å². The fourth-order valence-corrected chi connectivity index (χ4v) is 2.24. The van der Waals surface area contributed by atoms with Gasteiger partial charge in [0.05, 0.1) is 5.75 Å². The molecule has 2 rings (SSSR count). The standard InChI is InChI=1S/C14H10F3NOS/c15-9-4-1-2-7-12(9)20-8-13(19)18-14-10(16)5-3-6-11(14)17/h1-7H,8H2,(H,18,19). The van der Waals surface area contributed by atoms with Crippen LogP contribution < -0.4 is 5.32 Å². The third-order valence-electron chi connectivity index (χ3n) is 2.42. The second-order valence-corrected chi connectivity index (χ2v) is 4.88. The van der Waals surface area contributed by atoms with Crippen molar-refractivity contribution in [1.82, 2.24) is 0 Å². The highest BCUT2D eigenvalue weighted by Gasteiger charge is 2.12. The van der Waals surface area contributed by atoms with Crippen molar-refractivity contribution < 1.29 is 18.0 Å². The topological polar surface area (TPSA) is 29.1 Å². The zero-order chi connectivity index (χ0) is 14.5. The molecule has 0 saturated carbocycles.